The largest absolute Gasteiger partial charge is 0.497 e. The van der Waals surface area contributed by atoms with Gasteiger partial charge in [-0.05, 0) is 54.1 Å². The summed E-state index contributed by atoms with van der Waals surface area (Å²) in [6.45, 7) is -0.738. The van der Waals surface area contributed by atoms with Crippen molar-refractivity contribution < 1.29 is 22.7 Å². The quantitative estimate of drug-likeness (QED) is 0.218. The van der Waals surface area contributed by atoms with Crippen molar-refractivity contribution in [1.82, 2.24) is 10.2 Å². The monoisotopic (exact) mass is 639 g/mol. The van der Waals surface area contributed by atoms with E-state index in [1.165, 1.54) is 31.2 Å². The summed E-state index contributed by atoms with van der Waals surface area (Å²) in [5.74, 6) is -0.539. The second-order valence-electron chi connectivity index (χ2n) is 9.56. The highest BCUT2D eigenvalue weighted by atomic mass is 35.5. The van der Waals surface area contributed by atoms with Crippen LogP contribution in [0.15, 0.2) is 108 Å². The van der Waals surface area contributed by atoms with Crippen LogP contribution in [0, 0.1) is 0 Å². The van der Waals surface area contributed by atoms with Gasteiger partial charge in [0.2, 0.25) is 11.8 Å². The molecule has 43 heavy (non-hydrogen) atoms. The molecule has 8 nitrogen and oxygen atoms in total. The molecule has 0 spiro atoms. The maximum Gasteiger partial charge on any atom is 0.264 e. The molecule has 0 aliphatic rings. The highest BCUT2D eigenvalue weighted by molar-refractivity contribution is 7.92. The van der Waals surface area contributed by atoms with E-state index in [9.17, 15) is 18.0 Å². The highest BCUT2D eigenvalue weighted by Gasteiger charge is 2.35. The van der Waals surface area contributed by atoms with Gasteiger partial charge < -0.3 is 15.0 Å². The fourth-order valence-corrected chi connectivity index (χ4v) is 6.52. The number of benzene rings is 4. The topological polar surface area (TPSA) is 96.0 Å². The Morgan fingerprint density at radius 2 is 1.42 bits per heavy atom. The molecule has 0 radical (unpaired) electrons. The van der Waals surface area contributed by atoms with Crippen molar-refractivity contribution in [2.24, 2.45) is 0 Å². The summed E-state index contributed by atoms with van der Waals surface area (Å²) in [6.07, 6.45) is 0.169. The summed E-state index contributed by atoms with van der Waals surface area (Å²) >= 11 is 13.0. The van der Waals surface area contributed by atoms with Crippen molar-refractivity contribution in [3.05, 3.63) is 124 Å². The Morgan fingerprint density at radius 3 is 1.98 bits per heavy atom. The van der Waals surface area contributed by atoms with Crippen molar-refractivity contribution in [2.45, 2.75) is 23.9 Å². The number of hydrogen-bond donors (Lipinski definition) is 1. The maximum absolute atomic E-state index is 14.3. The number of carbonyl (C=O) groups is 2. The van der Waals surface area contributed by atoms with Gasteiger partial charge in [0.25, 0.3) is 10.0 Å². The summed E-state index contributed by atoms with van der Waals surface area (Å²) in [6, 6.07) is 27.3. The van der Waals surface area contributed by atoms with Crippen LogP contribution in [-0.2, 0) is 32.6 Å². The van der Waals surface area contributed by atoms with Gasteiger partial charge in [0.15, 0.2) is 0 Å². The van der Waals surface area contributed by atoms with Crippen molar-refractivity contribution in [3.8, 4) is 5.75 Å². The molecule has 0 saturated heterocycles. The van der Waals surface area contributed by atoms with Gasteiger partial charge in [-0.3, -0.25) is 13.9 Å². The van der Waals surface area contributed by atoms with E-state index in [0.29, 0.717) is 21.4 Å². The average Bonchev–Trinajstić information content (AvgIpc) is 3.03. The maximum atomic E-state index is 14.3. The van der Waals surface area contributed by atoms with Crippen molar-refractivity contribution >= 4 is 50.7 Å². The van der Waals surface area contributed by atoms with Gasteiger partial charge in [0.1, 0.15) is 18.3 Å². The fraction of sp³-hybridized carbons (Fsp3) is 0.188. The third-order valence-electron chi connectivity index (χ3n) is 6.88. The molecule has 0 unspecified atom stereocenters. The number of sulfonamides is 1. The van der Waals surface area contributed by atoms with Crippen LogP contribution < -0.4 is 14.4 Å². The van der Waals surface area contributed by atoms with Crippen molar-refractivity contribution in [3.63, 3.8) is 0 Å². The molecule has 1 N–H and O–H groups in total. The van der Waals surface area contributed by atoms with E-state index in [4.69, 9.17) is 27.9 Å². The second-order valence-corrected chi connectivity index (χ2v) is 12.2. The summed E-state index contributed by atoms with van der Waals surface area (Å²) in [7, 11) is -1.23. The third-order valence-corrected chi connectivity index (χ3v) is 9.37. The molecule has 2 amide bonds. The molecule has 0 bridgehead atoms. The average molecular weight is 641 g/mol. The SMILES string of the molecule is CNC(=O)[C@@H](Cc1ccccc1)N(Cc1c(Cl)cccc1Cl)C(=O)CN(c1ccc(OC)cc1)S(=O)(=O)c1ccccc1. The van der Waals surface area contributed by atoms with Crippen molar-refractivity contribution in [2.75, 3.05) is 25.0 Å². The van der Waals surface area contributed by atoms with Crippen LogP contribution >= 0.6 is 23.2 Å². The zero-order valence-corrected chi connectivity index (χ0v) is 25.9. The Labute approximate surface area is 261 Å². The first-order valence-electron chi connectivity index (χ1n) is 13.4. The lowest BCUT2D eigenvalue weighted by Gasteiger charge is -2.34. The molecule has 4 aromatic rings. The number of anilines is 1. The lowest BCUT2D eigenvalue weighted by atomic mass is 10.0. The van der Waals surface area contributed by atoms with Gasteiger partial charge in [-0.1, -0.05) is 77.8 Å². The van der Waals surface area contributed by atoms with Gasteiger partial charge in [0, 0.05) is 35.6 Å². The summed E-state index contributed by atoms with van der Waals surface area (Å²) < 4.78 is 34.2. The Bertz CT molecular complexity index is 1630. The van der Waals surface area contributed by atoms with Gasteiger partial charge >= 0.3 is 0 Å². The summed E-state index contributed by atoms with van der Waals surface area (Å²) in [5, 5.41) is 3.26. The number of ether oxygens (including phenoxy) is 1. The number of methoxy groups -OCH3 is 1. The van der Waals surface area contributed by atoms with Gasteiger partial charge in [-0.25, -0.2) is 8.42 Å². The number of amides is 2. The van der Waals surface area contributed by atoms with Crippen LogP contribution in [0.2, 0.25) is 10.0 Å². The van der Waals surface area contributed by atoms with E-state index in [1.54, 1.807) is 60.7 Å². The van der Waals surface area contributed by atoms with E-state index in [-0.39, 0.29) is 23.5 Å². The normalized spacial score (nSPS) is 11.8. The number of carbonyl (C=O) groups excluding carboxylic acids is 2. The molecular formula is C32H31Cl2N3O5S. The summed E-state index contributed by atoms with van der Waals surface area (Å²) in [4.78, 5) is 29.0. The van der Waals surface area contributed by atoms with Crippen LogP contribution in [0.3, 0.4) is 0 Å². The van der Waals surface area contributed by atoms with E-state index in [1.807, 2.05) is 30.3 Å². The first kappa shape index (κ1) is 31.9. The first-order chi connectivity index (χ1) is 20.6. The van der Waals surface area contributed by atoms with E-state index in [0.717, 1.165) is 9.87 Å². The van der Waals surface area contributed by atoms with Crippen LogP contribution in [-0.4, -0.2) is 51.9 Å². The number of likely N-dealkylation sites (N-methyl/N-ethyl adjacent to an activating group) is 1. The van der Waals surface area contributed by atoms with Crippen LogP contribution in [0.5, 0.6) is 5.75 Å². The molecule has 0 aliphatic heterocycles. The Kier molecular flexibility index (Phi) is 10.7. The molecule has 0 aliphatic carbocycles. The predicted molar refractivity (Wildman–Crippen MR) is 169 cm³/mol. The van der Waals surface area contributed by atoms with E-state index >= 15 is 0 Å². The van der Waals surface area contributed by atoms with Crippen LogP contribution in [0.25, 0.3) is 0 Å². The number of rotatable bonds is 12. The van der Waals surface area contributed by atoms with E-state index < -0.39 is 34.4 Å². The zero-order valence-electron chi connectivity index (χ0n) is 23.6. The third kappa shape index (κ3) is 7.67. The molecule has 0 fully saturated rings. The highest BCUT2D eigenvalue weighted by Crippen LogP contribution is 2.29. The molecule has 0 aromatic heterocycles. The Balaban J connectivity index is 1.81. The molecule has 0 saturated carbocycles. The minimum absolute atomic E-state index is 0.00598. The second kappa shape index (κ2) is 14.4. The molecule has 11 heteroatoms. The molecule has 4 rings (SSSR count). The molecule has 1 atom stereocenters. The lowest BCUT2D eigenvalue weighted by molar-refractivity contribution is -0.139. The van der Waals surface area contributed by atoms with Gasteiger partial charge in [-0.15, -0.1) is 0 Å². The minimum Gasteiger partial charge on any atom is -0.497 e. The Morgan fingerprint density at radius 1 is 0.837 bits per heavy atom. The Hall–Kier alpha value is -4.05. The molecule has 0 heterocycles. The van der Waals surface area contributed by atoms with Crippen LogP contribution in [0.1, 0.15) is 11.1 Å². The number of nitrogens with zero attached hydrogens (tertiary/aromatic N) is 2. The van der Waals surface area contributed by atoms with Gasteiger partial charge in [-0.2, -0.15) is 0 Å². The van der Waals surface area contributed by atoms with Gasteiger partial charge in [0.05, 0.1) is 17.7 Å². The number of hydrogen-bond acceptors (Lipinski definition) is 5. The fourth-order valence-electron chi connectivity index (χ4n) is 4.57. The van der Waals surface area contributed by atoms with Crippen molar-refractivity contribution in [1.29, 1.82) is 0 Å². The zero-order chi connectivity index (χ0) is 31.0. The standard InChI is InChI=1S/C32H31Cl2N3O5S/c1-35-32(39)30(20-23-10-5-3-6-11-23)36(21-27-28(33)14-9-15-29(27)34)31(38)22-37(24-16-18-25(42-2)19-17-24)43(40,41)26-12-7-4-8-13-26/h3-19,30H,20-22H2,1-2H3,(H,35,39)/t30-/m1/s1. The smallest absolute Gasteiger partial charge is 0.264 e. The van der Waals surface area contributed by atoms with E-state index in [2.05, 4.69) is 5.32 Å². The first-order valence-corrected chi connectivity index (χ1v) is 15.5. The molecule has 224 valence electrons. The molecule has 4 aromatic carbocycles. The lowest BCUT2D eigenvalue weighted by Crippen LogP contribution is -2.53. The molecular weight excluding hydrogens is 609 g/mol. The minimum atomic E-state index is -4.21. The summed E-state index contributed by atoms with van der Waals surface area (Å²) in [5.41, 5.74) is 1.49. The number of halogens is 2. The number of nitrogens with one attached hydrogen (secondary N) is 1. The predicted octanol–water partition coefficient (Wildman–Crippen LogP) is 5.58. The van der Waals surface area contributed by atoms with Crippen LogP contribution in [0.4, 0.5) is 5.69 Å².